The highest BCUT2D eigenvalue weighted by atomic mass is 32.2. The Hall–Kier alpha value is -0.500. The van der Waals surface area contributed by atoms with E-state index in [1.165, 1.54) is 48.3 Å². The first-order valence-corrected chi connectivity index (χ1v) is 7.48. The molecule has 0 aliphatic carbocycles. The van der Waals surface area contributed by atoms with Crippen molar-refractivity contribution in [1.29, 1.82) is 0 Å². The number of aromatic nitrogens is 1. The van der Waals surface area contributed by atoms with Crippen LogP contribution in [0.15, 0.2) is 11.2 Å². The van der Waals surface area contributed by atoms with Gasteiger partial charge < -0.3 is 0 Å². The molecule has 0 atom stereocenters. The molecule has 2 heteroatoms. The molecule has 1 nitrogen and oxygen atoms in total. The molecule has 0 amide bonds. The van der Waals surface area contributed by atoms with Crippen molar-refractivity contribution in [2.24, 2.45) is 0 Å². The van der Waals surface area contributed by atoms with E-state index in [0.29, 0.717) is 0 Å². The van der Waals surface area contributed by atoms with Crippen molar-refractivity contribution in [3.63, 3.8) is 0 Å². The van der Waals surface area contributed by atoms with Gasteiger partial charge in [0.2, 0.25) is 0 Å². The predicted octanol–water partition coefficient (Wildman–Crippen LogP) is 4.41. The van der Waals surface area contributed by atoms with Crippen molar-refractivity contribution in [3.8, 4) is 0 Å². The van der Waals surface area contributed by atoms with Crippen LogP contribution in [-0.4, -0.2) is 11.2 Å². The third-order valence-electron chi connectivity index (χ3n) is 2.95. The van der Waals surface area contributed by atoms with Crippen LogP contribution in [0.5, 0.6) is 0 Å². The maximum Gasteiger partial charge on any atom is 0.0992 e. The number of hydrogen-bond donors (Lipinski definition) is 0. The molecule has 0 aliphatic rings. The van der Waals surface area contributed by atoms with Gasteiger partial charge in [-0.05, 0) is 49.1 Å². The van der Waals surface area contributed by atoms with Crippen molar-refractivity contribution >= 4 is 11.8 Å². The molecule has 0 saturated carbocycles. The van der Waals surface area contributed by atoms with Crippen LogP contribution in [0.2, 0.25) is 0 Å². The fraction of sp³-hybridized carbons (Fsp3) is 0.643. The first-order chi connectivity index (χ1) is 7.74. The lowest BCUT2D eigenvalue weighted by molar-refractivity contribution is 0.760. The molecule has 0 aliphatic heterocycles. The highest BCUT2D eigenvalue weighted by molar-refractivity contribution is 7.98. The summed E-state index contributed by atoms with van der Waals surface area (Å²) in [5.74, 6) is 0. The van der Waals surface area contributed by atoms with Crippen LogP contribution in [0, 0.1) is 6.92 Å². The summed E-state index contributed by atoms with van der Waals surface area (Å²) in [6.07, 6.45) is 10.3. The van der Waals surface area contributed by atoms with Crippen molar-refractivity contribution in [3.05, 3.63) is 22.9 Å². The first-order valence-electron chi connectivity index (χ1n) is 6.25. The van der Waals surface area contributed by atoms with Crippen molar-refractivity contribution < 1.29 is 0 Å². The standard InChI is InChI=1S/C14H23NS/c1-5-7-9-12-11(3)10-15-14(16-4)13(12)8-6-2/h10H,5-9H2,1-4H3. The Morgan fingerprint density at radius 2 is 1.88 bits per heavy atom. The van der Waals surface area contributed by atoms with Crippen molar-refractivity contribution in [2.75, 3.05) is 6.26 Å². The molecule has 0 spiro atoms. The molecule has 1 heterocycles. The zero-order valence-electron chi connectivity index (χ0n) is 11.0. The number of pyridine rings is 1. The summed E-state index contributed by atoms with van der Waals surface area (Å²) in [5.41, 5.74) is 4.43. The largest absolute Gasteiger partial charge is 0.249 e. The third-order valence-corrected chi connectivity index (χ3v) is 3.69. The second kappa shape index (κ2) is 6.95. The Kier molecular flexibility index (Phi) is 5.89. The highest BCUT2D eigenvalue weighted by Gasteiger charge is 2.10. The fourth-order valence-electron chi connectivity index (χ4n) is 2.06. The fourth-order valence-corrected chi connectivity index (χ4v) is 2.69. The quantitative estimate of drug-likeness (QED) is 0.680. The lowest BCUT2D eigenvalue weighted by Gasteiger charge is -2.14. The lowest BCUT2D eigenvalue weighted by atomic mass is 9.97. The van der Waals surface area contributed by atoms with E-state index in [4.69, 9.17) is 0 Å². The Morgan fingerprint density at radius 1 is 1.12 bits per heavy atom. The molecule has 1 rings (SSSR count). The predicted molar refractivity (Wildman–Crippen MR) is 73.4 cm³/mol. The van der Waals surface area contributed by atoms with Crippen LogP contribution in [0.25, 0.3) is 0 Å². The zero-order chi connectivity index (χ0) is 12.0. The Morgan fingerprint density at radius 3 is 2.44 bits per heavy atom. The summed E-state index contributed by atoms with van der Waals surface area (Å²) in [7, 11) is 0. The molecular formula is C14H23NS. The maximum atomic E-state index is 4.55. The van der Waals surface area contributed by atoms with Gasteiger partial charge in [0.15, 0.2) is 0 Å². The van der Waals surface area contributed by atoms with E-state index >= 15 is 0 Å². The summed E-state index contributed by atoms with van der Waals surface area (Å²) < 4.78 is 0. The Bertz CT molecular complexity index is 334. The van der Waals surface area contributed by atoms with Gasteiger partial charge in [-0.15, -0.1) is 11.8 Å². The number of aryl methyl sites for hydroxylation is 1. The van der Waals surface area contributed by atoms with E-state index in [0.717, 1.165) is 0 Å². The minimum Gasteiger partial charge on any atom is -0.249 e. The van der Waals surface area contributed by atoms with Gasteiger partial charge in [0.1, 0.15) is 0 Å². The van der Waals surface area contributed by atoms with E-state index in [9.17, 15) is 0 Å². The van der Waals surface area contributed by atoms with Gasteiger partial charge in [-0.1, -0.05) is 26.7 Å². The van der Waals surface area contributed by atoms with Crippen molar-refractivity contribution in [1.82, 2.24) is 4.98 Å². The first kappa shape index (κ1) is 13.6. The van der Waals surface area contributed by atoms with E-state index in [-0.39, 0.29) is 0 Å². The third kappa shape index (κ3) is 3.24. The lowest BCUT2D eigenvalue weighted by Crippen LogP contribution is -2.02. The molecule has 1 aromatic rings. The molecule has 0 unspecified atom stereocenters. The summed E-state index contributed by atoms with van der Waals surface area (Å²) in [5, 5.41) is 1.23. The van der Waals surface area contributed by atoms with Gasteiger partial charge in [0.05, 0.1) is 5.03 Å². The number of thioether (sulfide) groups is 1. The summed E-state index contributed by atoms with van der Waals surface area (Å²) >= 11 is 1.78. The topological polar surface area (TPSA) is 12.9 Å². The molecule has 0 saturated heterocycles. The molecule has 0 fully saturated rings. The van der Waals surface area contributed by atoms with E-state index in [1.807, 2.05) is 6.20 Å². The molecular weight excluding hydrogens is 214 g/mol. The minimum atomic E-state index is 1.17. The van der Waals surface area contributed by atoms with Gasteiger partial charge in [-0.25, -0.2) is 4.98 Å². The number of unbranched alkanes of at least 4 members (excludes halogenated alkanes) is 1. The average molecular weight is 237 g/mol. The normalized spacial score (nSPS) is 10.8. The van der Waals surface area contributed by atoms with Crippen LogP contribution in [0.1, 0.15) is 49.8 Å². The van der Waals surface area contributed by atoms with Crippen LogP contribution in [-0.2, 0) is 12.8 Å². The van der Waals surface area contributed by atoms with E-state index in [2.05, 4.69) is 32.0 Å². The van der Waals surface area contributed by atoms with Gasteiger partial charge >= 0.3 is 0 Å². The monoisotopic (exact) mass is 237 g/mol. The van der Waals surface area contributed by atoms with Gasteiger partial charge in [-0.3, -0.25) is 0 Å². The molecule has 90 valence electrons. The van der Waals surface area contributed by atoms with Gasteiger partial charge in [0, 0.05) is 6.20 Å². The summed E-state index contributed by atoms with van der Waals surface area (Å²) in [6, 6.07) is 0. The summed E-state index contributed by atoms with van der Waals surface area (Å²) in [4.78, 5) is 4.55. The van der Waals surface area contributed by atoms with Crippen LogP contribution < -0.4 is 0 Å². The second-order valence-corrected chi connectivity index (χ2v) is 5.06. The van der Waals surface area contributed by atoms with Gasteiger partial charge in [0.25, 0.3) is 0 Å². The molecule has 0 radical (unpaired) electrons. The smallest absolute Gasteiger partial charge is 0.0992 e. The molecule has 0 bridgehead atoms. The van der Waals surface area contributed by atoms with E-state index < -0.39 is 0 Å². The average Bonchev–Trinajstić information content (AvgIpc) is 2.29. The minimum absolute atomic E-state index is 1.17. The molecule has 16 heavy (non-hydrogen) atoms. The Balaban J connectivity index is 3.08. The second-order valence-electron chi connectivity index (χ2n) is 4.26. The maximum absolute atomic E-state index is 4.55. The zero-order valence-corrected chi connectivity index (χ0v) is 11.8. The number of rotatable bonds is 6. The summed E-state index contributed by atoms with van der Waals surface area (Å²) in [6.45, 7) is 6.70. The molecule has 0 N–H and O–H groups in total. The molecule has 1 aromatic heterocycles. The van der Waals surface area contributed by atoms with Crippen LogP contribution in [0.4, 0.5) is 0 Å². The van der Waals surface area contributed by atoms with Gasteiger partial charge in [-0.2, -0.15) is 0 Å². The van der Waals surface area contributed by atoms with Crippen LogP contribution in [0.3, 0.4) is 0 Å². The highest BCUT2D eigenvalue weighted by Crippen LogP contribution is 2.26. The van der Waals surface area contributed by atoms with Crippen LogP contribution >= 0.6 is 11.8 Å². The Labute approximate surface area is 104 Å². The van der Waals surface area contributed by atoms with E-state index in [1.54, 1.807) is 17.3 Å². The number of nitrogens with zero attached hydrogens (tertiary/aromatic N) is 1. The molecule has 0 aromatic carbocycles. The SMILES string of the molecule is CCCCc1c(C)cnc(SC)c1CCC. The number of hydrogen-bond acceptors (Lipinski definition) is 2. The van der Waals surface area contributed by atoms with Crippen molar-refractivity contribution in [2.45, 2.75) is 57.9 Å².